The summed E-state index contributed by atoms with van der Waals surface area (Å²) >= 11 is 0. The monoisotopic (exact) mass is 817 g/mol. The minimum Gasteiger partial charge on any atom is -0.310 e. The topological polar surface area (TPSA) is 3.24 Å². The average molecular weight is 818 g/mol. The summed E-state index contributed by atoms with van der Waals surface area (Å²) in [5.41, 5.74) is 19.1. The molecule has 304 valence electrons. The Labute approximate surface area is 375 Å². The van der Waals surface area contributed by atoms with Gasteiger partial charge in [-0.05, 0) is 138 Å². The minimum absolute atomic E-state index is 0.0301. The first-order valence-corrected chi connectivity index (χ1v) is 23.1. The average Bonchev–Trinajstić information content (AvgIpc) is 3.82. The van der Waals surface area contributed by atoms with E-state index < -0.39 is 5.41 Å². The third-order valence-corrected chi connectivity index (χ3v) is 15.1. The Bertz CT molecular complexity index is 3370. The van der Waals surface area contributed by atoms with E-state index in [4.69, 9.17) is 0 Å². The maximum atomic E-state index is 2.60. The molecule has 0 amide bonds. The van der Waals surface area contributed by atoms with E-state index in [1.807, 2.05) is 0 Å². The van der Waals surface area contributed by atoms with Crippen LogP contribution in [0.4, 0.5) is 17.1 Å². The van der Waals surface area contributed by atoms with Crippen molar-refractivity contribution in [3.05, 3.63) is 258 Å². The Morgan fingerprint density at radius 2 is 0.906 bits per heavy atom. The Morgan fingerprint density at radius 3 is 1.66 bits per heavy atom. The summed E-state index contributed by atoms with van der Waals surface area (Å²) in [6.45, 7) is 0. The van der Waals surface area contributed by atoms with Crippen LogP contribution in [0.3, 0.4) is 0 Å². The summed E-state index contributed by atoms with van der Waals surface area (Å²) in [7, 11) is 0. The molecule has 0 bridgehead atoms. The molecule has 0 unspecified atom stereocenters. The molecule has 1 heteroatoms. The molecule has 0 aromatic heterocycles. The van der Waals surface area contributed by atoms with E-state index in [0.29, 0.717) is 0 Å². The molecule has 1 spiro atoms. The highest BCUT2D eigenvalue weighted by atomic mass is 15.1. The smallest absolute Gasteiger partial charge is 0.0714 e. The highest BCUT2D eigenvalue weighted by Gasteiger charge is 2.48. The fourth-order valence-electron chi connectivity index (χ4n) is 12.4. The lowest BCUT2D eigenvalue weighted by molar-refractivity contribution is 0.353. The van der Waals surface area contributed by atoms with Crippen LogP contribution < -0.4 is 4.90 Å². The zero-order valence-electron chi connectivity index (χ0n) is 35.8. The molecule has 1 saturated carbocycles. The Morgan fingerprint density at radius 1 is 0.344 bits per heavy atom. The van der Waals surface area contributed by atoms with E-state index in [1.165, 1.54) is 132 Å². The minimum atomic E-state index is -0.500. The summed E-state index contributed by atoms with van der Waals surface area (Å²) in [5.74, 6) is 0. The predicted octanol–water partition coefficient (Wildman–Crippen LogP) is 16.7. The molecule has 3 aliphatic carbocycles. The normalized spacial score (nSPS) is 15.1. The first-order valence-electron chi connectivity index (χ1n) is 23.1. The quantitative estimate of drug-likeness (QED) is 0.151. The first kappa shape index (κ1) is 37.1. The third-order valence-electron chi connectivity index (χ3n) is 15.1. The molecule has 64 heavy (non-hydrogen) atoms. The van der Waals surface area contributed by atoms with E-state index in [2.05, 4.69) is 229 Å². The van der Waals surface area contributed by atoms with E-state index >= 15 is 0 Å². The third kappa shape index (κ3) is 5.37. The van der Waals surface area contributed by atoms with Gasteiger partial charge < -0.3 is 4.90 Å². The Balaban J connectivity index is 1.05. The lowest BCUT2D eigenvalue weighted by Gasteiger charge is -2.39. The number of fused-ring (bicyclic) bond motifs is 11. The van der Waals surface area contributed by atoms with Crippen LogP contribution in [0.2, 0.25) is 0 Å². The molecule has 0 N–H and O–H groups in total. The molecule has 10 aromatic rings. The molecular formula is C63H47N. The van der Waals surface area contributed by atoms with Crippen LogP contribution in [-0.4, -0.2) is 0 Å². The summed E-state index contributed by atoms with van der Waals surface area (Å²) in [5, 5.41) is 5.12. The van der Waals surface area contributed by atoms with Gasteiger partial charge in [0.2, 0.25) is 0 Å². The highest BCUT2D eigenvalue weighted by Crippen LogP contribution is 2.61. The van der Waals surface area contributed by atoms with Gasteiger partial charge >= 0.3 is 0 Å². The lowest BCUT2D eigenvalue weighted by Crippen LogP contribution is -2.30. The van der Waals surface area contributed by atoms with Crippen LogP contribution in [-0.2, 0) is 10.8 Å². The number of hydrogen-bond acceptors (Lipinski definition) is 1. The number of nitrogens with zero attached hydrogens (tertiary/aromatic N) is 1. The maximum Gasteiger partial charge on any atom is 0.0714 e. The molecule has 1 fully saturated rings. The second-order valence-corrected chi connectivity index (χ2v) is 18.3. The first-order chi connectivity index (χ1) is 31.7. The van der Waals surface area contributed by atoms with Crippen molar-refractivity contribution in [2.75, 3.05) is 4.90 Å². The standard InChI is InChI=1S/C63H47N/c1-4-18-47(19-5-1)63(48-20-6-2-7-21-48)58-27-13-11-23-52(58)54-38-37-50(42-59(54)63)64(60-28-16-25-55-53-24-10-12-26-57(53)62(61(55)60)39-14-3-15-40-62)49-35-33-43(34-36-49)46-32-31-45-30-29-44-17-8-9-22-51(44)56(45)41-46/h1-2,4-13,16-38,41-42H,3,14-15,39-40H2. The number of rotatable bonds is 6. The van der Waals surface area contributed by atoms with Crippen molar-refractivity contribution in [3.63, 3.8) is 0 Å². The molecule has 10 aromatic carbocycles. The van der Waals surface area contributed by atoms with Crippen molar-refractivity contribution >= 4 is 38.6 Å². The van der Waals surface area contributed by atoms with Crippen molar-refractivity contribution in [3.8, 4) is 33.4 Å². The molecule has 0 radical (unpaired) electrons. The Hall–Kier alpha value is -7.48. The van der Waals surface area contributed by atoms with Crippen LogP contribution in [0.5, 0.6) is 0 Å². The van der Waals surface area contributed by atoms with Gasteiger partial charge in [-0.15, -0.1) is 0 Å². The number of benzene rings is 10. The molecule has 0 heterocycles. The van der Waals surface area contributed by atoms with Crippen molar-refractivity contribution in [1.29, 1.82) is 0 Å². The van der Waals surface area contributed by atoms with Crippen LogP contribution in [0.25, 0.3) is 54.9 Å². The number of hydrogen-bond donors (Lipinski definition) is 0. The van der Waals surface area contributed by atoms with Crippen molar-refractivity contribution in [1.82, 2.24) is 0 Å². The molecular weight excluding hydrogens is 771 g/mol. The van der Waals surface area contributed by atoms with Gasteiger partial charge in [0.15, 0.2) is 0 Å². The van der Waals surface area contributed by atoms with Gasteiger partial charge in [0, 0.05) is 16.8 Å². The predicted molar refractivity (Wildman–Crippen MR) is 268 cm³/mol. The largest absolute Gasteiger partial charge is 0.310 e. The van der Waals surface area contributed by atoms with Gasteiger partial charge in [-0.1, -0.05) is 207 Å². The van der Waals surface area contributed by atoms with Crippen LogP contribution in [0.15, 0.2) is 224 Å². The van der Waals surface area contributed by atoms with Gasteiger partial charge in [0.1, 0.15) is 0 Å². The zero-order valence-corrected chi connectivity index (χ0v) is 35.8. The van der Waals surface area contributed by atoms with E-state index in [9.17, 15) is 0 Å². The highest BCUT2D eigenvalue weighted by molar-refractivity contribution is 6.08. The molecule has 0 saturated heterocycles. The van der Waals surface area contributed by atoms with E-state index in [-0.39, 0.29) is 5.41 Å². The summed E-state index contributed by atoms with van der Waals surface area (Å²) < 4.78 is 0. The fourth-order valence-corrected chi connectivity index (χ4v) is 12.4. The molecule has 1 nitrogen and oxygen atoms in total. The van der Waals surface area contributed by atoms with Crippen molar-refractivity contribution in [2.45, 2.75) is 42.9 Å². The van der Waals surface area contributed by atoms with Gasteiger partial charge in [-0.2, -0.15) is 0 Å². The van der Waals surface area contributed by atoms with E-state index in [0.717, 1.165) is 5.69 Å². The zero-order chi connectivity index (χ0) is 42.2. The molecule has 3 aliphatic rings. The fraction of sp³-hybridized carbons (Fsp3) is 0.111. The maximum absolute atomic E-state index is 2.60. The second-order valence-electron chi connectivity index (χ2n) is 18.3. The van der Waals surface area contributed by atoms with Gasteiger partial charge in [0.05, 0.1) is 11.1 Å². The summed E-state index contributed by atoms with van der Waals surface area (Å²) in [6.07, 6.45) is 6.12. The summed E-state index contributed by atoms with van der Waals surface area (Å²) in [6, 6.07) is 84.7. The second kappa shape index (κ2) is 14.5. The van der Waals surface area contributed by atoms with Crippen LogP contribution in [0, 0.1) is 0 Å². The SMILES string of the molecule is c1ccc(C2(c3ccccc3)c3ccccc3-c3ccc(N(c4ccc(-c5ccc6ccc7ccccc7c6c5)cc4)c4cccc5c4C4(CCCCC4)c4ccccc4-5)cc32)cc1. The number of anilines is 3. The summed E-state index contributed by atoms with van der Waals surface area (Å²) in [4.78, 5) is 2.60. The van der Waals surface area contributed by atoms with Crippen molar-refractivity contribution in [2.24, 2.45) is 0 Å². The van der Waals surface area contributed by atoms with Gasteiger partial charge in [0.25, 0.3) is 0 Å². The molecule has 13 rings (SSSR count). The molecule has 0 atom stereocenters. The molecule has 0 aliphatic heterocycles. The van der Waals surface area contributed by atoms with Gasteiger partial charge in [-0.3, -0.25) is 0 Å². The van der Waals surface area contributed by atoms with E-state index in [1.54, 1.807) is 0 Å². The van der Waals surface area contributed by atoms with Crippen LogP contribution in [0.1, 0.15) is 65.5 Å². The Kier molecular flexibility index (Phi) is 8.43. The van der Waals surface area contributed by atoms with Gasteiger partial charge in [-0.25, -0.2) is 0 Å². The lowest BCUT2D eigenvalue weighted by atomic mass is 9.67. The van der Waals surface area contributed by atoms with Crippen molar-refractivity contribution < 1.29 is 0 Å². The van der Waals surface area contributed by atoms with Crippen LogP contribution >= 0.6 is 0 Å².